The number of hydrogen-bond donors (Lipinski definition) is 2. The van der Waals surface area contributed by atoms with Gasteiger partial charge < -0.3 is 10.6 Å². The molecule has 1 aliphatic heterocycles. The second-order valence-corrected chi connectivity index (χ2v) is 5.55. The van der Waals surface area contributed by atoms with Crippen molar-refractivity contribution in [3.8, 4) is 0 Å². The van der Waals surface area contributed by atoms with Crippen molar-refractivity contribution in [3.05, 3.63) is 28.8 Å². The molecule has 1 fully saturated rings. The van der Waals surface area contributed by atoms with Crippen LogP contribution in [0.4, 0.5) is 18.9 Å². The first-order valence-electron chi connectivity index (χ1n) is 6.96. The summed E-state index contributed by atoms with van der Waals surface area (Å²) in [6.45, 7) is 3.16. The number of nitrogens with zero attached hydrogens (tertiary/aromatic N) is 1. The van der Waals surface area contributed by atoms with Gasteiger partial charge in [-0.15, -0.1) is 0 Å². The molecule has 0 atom stereocenters. The summed E-state index contributed by atoms with van der Waals surface area (Å²) in [5.41, 5.74) is -1.21. The van der Waals surface area contributed by atoms with E-state index in [0.717, 1.165) is 32.1 Å². The molecule has 1 amide bonds. The third-order valence-electron chi connectivity index (χ3n) is 3.36. The van der Waals surface area contributed by atoms with Gasteiger partial charge in [-0.25, -0.2) is 0 Å². The highest BCUT2D eigenvalue weighted by Gasteiger charge is 2.34. The lowest BCUT2D eigenvalue weighted by atomic mass is 10.1. The fourth-order valence-corrected chi connectivity index (χ4v) is 2.48. The Morgan fingerprint density at radius 1 is 1.32 bits per heavy atom. The van der Waals surface area contributed by atoms with Crippen molar-refractivity contribution in [3.63, 3.8) is 0 Å². The van der Waals surface area contributed by atoms with E-state index in [2.05, 4.69) is 10.6 Å². The monoisotopic (exact) mass is 335 g/mol. The molecule has 0 bridgehead atoms. The number of nitrogens with one attached hydrogen (secondary N) is 2. The molecule has 0 unspecified atom stereocenters. The van der Waals surface area contributed by atoms with Gasteiger partial charge in [-0.3, -0.25) is 9.69 Å². The predicted octanol–water partition coefficient (Wildman–Crippen LogP) is 2.59. The van der Waals surface area contributed by atoms with E-state index >= 15 is 0 Å². The second-order valence-electron chi connectivity index (χ2n) is 5.12. The van der Waals surface area contributed by atoms with Gasteiger partial charge >= 0.3 is 6.18 Å². The zero-order valence-corrected chi connectivity index (χ0v) is 12.6. The second kappa shape index (κ2) is 7.30. The van der Waals surface area contributed by atoms with Crippen LogP contribution in [0.1, 0.15) is 12.0 Å². The first-order chi connectivity index (χ1) is 10.4. The zero-order chi connectivity index (χ0) is 16.2. The van der Waals surface area contributed by atoms with Gasteiger partial charge in [0, 0.05) is 18.1 Å². The Morgan fingerprint density at radius 2 is 2.09 bits per heavy atom. The Morgan fingerprint density at radius 3 is 2.82 bits per heavy atom. The van der Waals surface area contributed by atoms with E-state index < -0.39 is 17.6 Å². The molecular weight excluding hydrogens is 319 g/mol. The standard InChI is InChI=1S/C14H17ClF3N3O/c15-10-2-3-12(11(8-10)14(16,17)18)20-13(22)9-21-6-1-4-19-5-7-21/h2-3,8,19H,1,4-7,9H2,(H,20,22). The summed E-state index contributed by atoms with van der Waals surface area (Å²) in [7, 11) is 0. The summed E-state index contributed by atoms with van der Waals surface area (Å²) in [5.74, 6) is -0.463. The fraction of sp³-hybridized carbons (Fsp3) is 0.500. The fourth-order valence-electron chi connectivity index (χ4n) is 2.31. The summed E-state index contributed by atoms with van der Waals surface area (Å²) in [4.78, 5) is 13.9. The average molecular weight is 336 g/mol. The minimum absolute atomic E-state index is 0.0242. The first kappa shape index (κ1) is 17.1. The molecule has 1 aliphatic rings. The third kappa shape index (κ3) is 4.86. The van der Waals surface area contributed by atoms with Crippen molar-refractivity contribution in [1.29, 1.82) is 0 Å². The molecule has 2 N–H and O–H groups in total. The maximum absolute atomic E-state index is 13.0. The molecule has 1 heterocycles. The van der Waals surface area contributed by atoms with E-state index in [4.69, 9.17) is 11.6 Å². The molecular formula is C14H17ClF3N3O. The minimum Gasteiger partial charge on any atom is -0.324 e. The van der Waals surface area contributed by atoms with Crippen LogP contribution in [-0.4, -0.2) is 43.5 Å². The molecule has 4 nitrogen and oxygen atoms in total. The van der Waals surface area contributed by atoms with E-state index in [0.29, 0.717) is 6.54 Å². The largest absolute Gasteiger partial charge is 0.418 e. The minimum atomic E-state index is -4.57. The van der Waals surface area contributed by atoms with Crippen LogP contribution in [0.5, 0.6) is 0 Å². The molecule has 0 spiro atoms. The van der Waals surface area contributed by atoms with Gasteiger partial charge in [0.1, 0.15) is 0 Å². The first-order valence-corrected chi connectivity index (χ1v) is 7.34. The van der Waals surface area contributed by atoms with Crippen molar-refractivity contribution < 1.29 is 18.0 Å². The molecule has 1 aromatic carbocycles. The van der Waals surface area contributed by atoms with E-state index in [1.54, 1.807) is 0 Å². The van der Waals surface area contributed by atoms with E-state index in [-0.39, 0.29) is 17.3 Å². The average Bonchev–Trinajstić information content (AvgIpc) is 2.68. The van der Waals surface area contributed by atoms with E-state index in [1.807, 2.05) is 4.90 Å². The lowest BCUT2D eigenvalue weighted by molar-refractivity contribution is -0.137. The summed E-state index contributed by atoms with van der Waals surface area (Å²) in [6, 6.07) is 3.31. The van der Waals surface area contributed by atoms with E-state index in [9.17, 15) is 18.0 Å². The van der Waals surface area contributed by atoms with Crippen molar-refractivity contribution in [2.24, 2.45) is 0 Å². The summed E-state index contributed by atoms with van der Waals surface area (Å²) >= 11 is 5.61. The Kier molecular flexibility index (Phi) is 5.66. The van der Waals surface area contributed by atoms with Gasteiger partial charge in [0.2, 0.25) is 5.91 Å². The van der Waals surface area contributed by atoms with Crippen LogP contribution in [0.15, 0.2) is 18.2 Å². The lowest BCUT2D eigenvalue weighted by Gasteiger charge is -2.20. The van der Waals surface area contributed by atoms with Gasteiger partial charge in [-0.05, 0) is 37.7 Å². The van der Waals surface area contributed by atoms with Crippen molar-refractivity contribution in [2.75, 3.05) is 38.0 Å². The van der Waals surface area contributed by atoms with Gasteiger partial charge in [0.25, 0.3) is 0 Å². The van der Waals surface area contributed by atoms with Gasteiger partial charge in [-0.2, -0.15) is 13.2 Å². The molecule has 22 heavy (non-hydrogen) atoms. The highest BCUT2D eigenvalue weighted by Crippen LogP contribution is 2.36. The van der Waals surface area contributed by atoms with Crippen molar-refractivity contribution in [1.82, 2.24) is 10.2 Å². The highest BCUT2D eigenvalue weighted by molar-refractivity contribution is 6.30. The Labute approximate surface area is 131 Å². The van der Waals surface area contributed by atoms with Crippen LogP contribution in [0.25, 0.3) is 0 Å². The number of carbonyl (C=O) groups excluding carboxylic acids is 1. The maximum Gasteiger partial charge on any atom is 0.418 e. The predicted molar refractivity (Wildman–Crippen MR) is 79.0 cm³/mol. The summed E-state index contributed by atoms with van der Waals surface area (Å²) in [5, 5.41) is 5.51. The molecule has 0 radical (unpaired) electrons. The highest BCUT2D eigenvalue weighted by atomic mass is 35.5. The number of benzene rings is 1. The number of anilines is 1. The molecule has 0 saturated carbocycles. The third-order valence-corrected chi connectivity index (χ3v) is 3.60. The number of carbonyl (C=O) groups is 1. The molecule has 122 valence electrons. The van der Waals surface area contributed by atoms with Gasteiger partial charge in [0.05, 0.1) is 17.8 Å². The van der Waals surface area contributed by atoms with Crippen LogP contribution < -0.4 is 10.6 Å². The Balaban J connectivity index is 2.05. The summed E-state index contributed by atoms with van der Waals surface area (Å²) < 4.78 is 38.9. The van der Waals surface area contributed by atoms with Gasteiger partial charge in [0.15, 0.2) is 0 Å². The lowest BCUT2D eigenvalue weighted by Crippen LogP contribution is -2.36. The van der Waals surface area contributed by atoms with Crippen LogP contribution in [0.2, 0.25) is 5.02 Å². The maximum atomic E-state index is 13.0. The Hall–Kier alpha value is -1.31. The quantitative estimate of drug-likeness (QED) is 0.892. The number of amides is 1. The van der Waals surface area contributed by atoms with Crippen molar-refractivity contribution in [2.45, 2.75) is 12.6 Å². The summed E-state index contributed by atoms with van der Waals surface area (Å²) in [6.07, 6.45) is -3.66. The SMILES string of the molecule is O=C(CN1CCCNCC1)Nc1ccc(Cl)cc1C(F)(F)F. The van der Waals surface area contributed by atoms with Crippen LogP contribution in [0, 0.1) is 0 Å². The smallest absolute Gasteiger partial charge is 0.324 e. The van der Waals surface area contributed by atoms with Crippen LogP contribution in [-0.2, 0) is 11.0 Å². The molecule has 8 heteroatoms. The molecule has 1 saturated heterocycles. The number of rotatable bonds is 3. The topological polar surface area (TPSA) is 44.4 Å². The number of halogens is 4. The van der Waals surface area contributed by atoms with Crippen LogP contribution in [0.3, 0.4) is 0 Å². The van der Waals surface area contributed by atoms with Gasteiger partial charge in [-0.1, -0.05) is 11.6 Å². The molecule has 1 aromatic rings. The normalized spacial score (nSPS) is 17.1. The molecule has 0 aromatic heterocycles. The number of hydrogen-bond acceptors (Lipinski definition) is 3. The molecule has 0 aliphatic carbocycles. The zero-order valence-electron chi connectivity index (χ0n) is 11.8. The Bertz CT molecular complexity index is 529. The molecule has 2 rings (SSSR count). The van der Waals surface area contributed by atoms with Crippen molar-refractivity contribution >= 4 is 23.2 Å². The van der Waals surface area contributed by atoms with Crippen LogP contribution >= 0.6 is 11.6 Å². The van der Waals surface area contributed by atoms with E-state index in [1.165, 1.54) is 12.1 Å². The number of alkyl halides is 3.